The molecular weight excluding hydrogens is 360 g/mol. The number of nitrogens with zero attached hydrogens (tertiary/aromatic N) is 1. The van der Waals surface area contributed by atoms with E-state index in [0.717, 1.165) is 24.0 Å². The van der Waals surface area contributed by atoms with E-state index in [2.05, 4.69) is 10.6 Å². The minimum Gasteiger partial charge on any atom is -0.375 e. The van der Waals surface area contributed by atoms with Gasteiger partial charge in [0.2, 0.25) is 11.8 Å². The molecule has 8 nitrogen and oxygen atoms in total. The summed E-state index contributed by atoms with van der Waals surface area (Å²) in [5.74, 6) is -0.800. The summed E-state index contributed by atoms with van der Waals surface area (Å²) in [5.41, 5.74) is 8.63. The number of nitrogens with one attached hydrogen (secondary N) is 2. The van der Waals surface area contributed by atoms with Gasteiger partial charge in [-0.05, 0) is 36.5 Å². The topological polar surface area (TPSA) is 114 Å². The summed E-state index contributed by atoms with van der Waals surface area (Å²) in [6, 6.07) is 5.40. The zero-order valence-electron chi connectivity index (χ0n) is 15.6. The molecule has 2 bridgehead atoms. The molecule has 3 heterocycles. The molecule has 3 fully saturated rings. The van der Waals surface area contributed by atoms with Gasteiger partial charge >= 0.3 is 0 Å². The molecule has 0 aromatic heterocycles. The maximum absolute atomic E-state index is 12.9. The third-order valence-corrected chi connectivity index (χ3v) is 6.53. The van der Waals surface area contributed by atoms with Crippen LogP contribution in [-0.4, -0.2) is 53.0 Å². The minimum absolute atomic E-state index is 0.0636. The van der Waals surface area contributed by atoms with Gasteiger partial charge in [0.25, 0.3) is 5.91 Å². The van der Waals surface area contributed by atoms with E-state index >= 15 is 0 Å². The molecule has 3 amide bonds. The maximum Gasteiger partial charge on any atom is 0.255 e. The van der Waals surface area contributed by atoms with Crippen LogP contribution in [0.3, 0.4) is 0 Å². The molecule has 28 heavy (non-hydrogen) atoms. The Bertz CT molecular complexity index is 868. The van der Waals surface area contributed by atoms with Crippen LogP contribution in [0.5, 0.6) is 0 Å². The fraction of sp³-hybridized carbons (Fsp3) is 0.550. The average molecular weight is 384 g/mol. The van der Waals surface area contributed by atoms with E-state index in [0.29, 0.717) is 31.7 Å². The number of fused-ring (bicyclic) bond motifs is 3. The zero-order chi connectivity index (χ0) is 19.5. The van der Waals surface area contributed by atoms with Gasteiger partial charge < -0.3 is 20.7 Å². The summed E-state index contributed by atoms with van der Waals surface area (Å²) in [5, 5.41) is 5.92. The lowest BCUT2D eigenvalue weighted by Gasteiger charge is -2.29. The first-order chi connectivity index (χ1) is 13.4. The summed E-state index contributed by atoms with van der Waals surface area (Å²) in [7, 11) is 0. The molecule has 1 aliphatic carbocycles. The van der Waals surface area contributed by atoms with Crippen LogP contribution in [0.25, 0.3) is 0 Å². The highest BCUT2D eigenvalue weighted by atomic mass is 16.5. The van der Waals surface area contributed by atoms with Crippen LogP contribution in [-0.2, 0) is 27.4 Å². The molecule has 3 aliphatic heterocycles. The number of benzene rings is 1. The second-order valence-electron chi connectivity index (χ2n) is 8.45. The number of imide groups is 1. The number of ether oxygens (including phenoxy) is 1. The Morgan fingerprint density at radius 1 is 1.29 bits per heavy atom. The summed E-state index contributed by atoms with van der Waals surface area (Å²) < 4.78 is 5.74. The molecule has 4 N–H and O–H groups in total. The monoisotopic (exact) mass is 384 g/mol. The van der Waals surface area contributed by atoms with E-state index in [1.807, 2.05) is 18.2 Å². The molecule has 4 aliphatic rings. The number of nitrogens with two attached hydrogens (primary N) is 1. The van der Waals surface area contributed by atoms with Crippen molar-refractivity contribution in [3.8, 4) is 0 Å². The van der Waals surface area contributed by atoms with Crippen LogP contribution >= 0.6 is 0 Å². The Morgan fingerprint density at radius 3 is 2.86 bits per heavy atom. The molecule has 148 valence electrons. The Balaban J connectivity index is 1.29. The largest absolute Gasteiger partial charge is 0.375 e. The lowest BCUT2D eigenvalue weighted by atomic mass is 9.98. The van der Waals surface area contributed by atoms with Crippen LogP contribution < -0.4 is 16.4 Å². The van der Waals surface area contributed by atoms with Crippen molar-refractivity contribution in [1.29, 1.82) is 0 Å². The Hall–Kier alpha value is -2.29. The molecule has 0 spiro atoms. The predicted molar refractivity (Wildman–Crippen MR) is 99.0 cm³/mol. The van der Waals surface area contributed by atoms with Gasteiger partial charge in [0.05, 0.1) is 12.7 Å². The number of carbonyl (C=O) groups excluding carboxylic acids is 3. The second kappa shape index (κ2) is 6.37. The molecule has 0 radical (unpaired) electrons. The summed E-state index contributed by atoms with van der Waals surface area (Å²) in [6.45, 7) is 1.72. The summed E-state index contributed by atoms with van der Waals surface area (Å²) in [4.78, 5) is 38.0. The van der Waals surface area contributed by atoms with Gasteiger partial charge in [-0.15, -0.1) is 0 Å². The Kier molecular flexibility index (Phi) is 4.04. The van der Waals surface area contributed by atoms with Crippen LogP contribution in [0.1, 0.15) is 47.2 Å². The molecule has 1 unspecified atom stereocenters. The van der Waals surface area contributed by atoms with Crippen LogP contribution in [0.4, 0.5) is 0 Å². The molecule has 1 aromatic rings. The molecule has 1 saturated carbocycles. The van der Waals surface area contributed by atoms with E-state index in [1.165, 1.54) is 0 Å². The average Bonchev–Trinajstić information content (AvgIpc) is 3.32. The lowest BCUT2D eigenvalue weighted by Crippen LogP contribution is -2.52. The molecule has 5 rings (SSSR count). The Labute approximate surface area is 162 Å². The van der Waals surface area contributed by atoms with E-state index in [1.54, 1.807) is 4.90 Å². The van der Waals surface area contributed by atoms with Gasteiger partial charge in [0, 0.05) is 36.7 Å². The highest BCUT2D eigenvalue weighted by Gasteiger charge is 2.50. The van der Waals surface area contributed by atoms with Gasteiger partial charge in [0.1, 0.15) is 6.04 Å². The van der Waals surface area contributed by atoms with Crippen molar-refractivity contribution in [2.75, 3.05) is 6.61 Å². The van der Waals surface area contributed by atoms with Crippen LogP contribution in [0.2, 0.25) is 0 Å². The molecule has 4 atom stereocenters. The quantitative estimate of drug-likeness (QED) is 0.620. The standard InChI is InChI=1S/C20H24N4O4/c21-14-6-20(7-16(14)28-10-20)22-8-11-1-2-12-9-24(19(27)13(12)5-11)15-3-4-17(25)23-18(15)26/h1-2,5,14-16,22H,3-4,6-10,21H2,(H,23,25,26)/t14-,15?,16-,20+/m1/s1. The van der Waals surface area contributed by atoms with E-state index in [9.17, 15) is 14.4 Å². The molecule has 2 saturated heterocycles. The zero-order valence-corrected chi connectivity index (χ0v) is 15.6. The first kappa shape index (κ1) is 17.8. The normalized spacial score (nSPS) is 34.1. The van der Waals surface area contributed by atoms with Gasteiger partial charge in [-0.25, -0.2) is 0 Å². The van der Waals surface area contributed by atoms with E-state index in [4.69, 9.17) is 10.5 Å². The van der Waals surface area contributed by atoms with Crippen molar-refractivity contribution in [3.63, 3.8) is 0 Å². The summed E-state index contributed by atoms with van der Waals surface area (Å²) >= 11 is 0. The van der Waals surface area contributed by atoms with Crippen molar-refractivity contribution in [3.05, 3.63) is 34.9 Å². The molecular formula is C20H24N4O4. The van der Waals surface area contributed by atoms with Crippen molar-refractivity contribution >= 4 is 17.7 Å². The highest BCUT2D eigenvalue weighted by molar-refractivity contribution is 6.05. The maximum atomic E-state index is 12.9. The highest BCUT2D eigenvalue weighted by Crippen LogP contribution is 2.38. The van der Waals surface area contributed by atoms with Crippen molar-refractivity contribution < 1.29 is 19.1 Å². The fourth-order valence-corrected chi connectivity index (χ4v) is 4.97. The fourth-order valence-electron chi connectivity index (χ4n) is 4.97. The molecule has 8 heteroatoms. The third kappa shape index (κ3) is 2.83. The Morgan fingerprint density at radius 2 is 2.14 bits per heavy atom. The SMILES string of the molecule is N[C@@H]1C[C@@]2(NCc3ccc4c(c3)C(=O)N(C3CCC(=O)NC3=O)C4)CO[C@@H]1C2. The van der Waals surface area contributed by atoms with Crippen LogP contribution in [0, 0.1) is 0 Å². The van der Waals surface area contributed by atoms with Gasteiger partial charge in [-0.2, -0.15) is 0 Å². The minimum atomic E-state index is -0.578. The van der Waals surface area contributed by atoms with Gasteiger partial charge in [-0.1, -0.05) is 12.1 Å². The number of rotatable bonds is 4. The van der Waals surface area contributed by atoms with E-state index < -0.39 is 6.04 Å². The van der Waals surface area contributed by atoms with Crippen LogP contribution in [0.15, 0.2) is 18.2 Å². The number of piperidine rings is 1. The smallest absolute Gasteiger partial charge is 0.255 e. The van der Waals surface area contributed by atoms with Gasteiger partial charge in [0.15, 0.2) is 0 Å². The first-order valence-corrected chi connectivity index (χ1v) is 9.83. The lowest BCUT2D eigenvalue weighted by molar-refractivity contribution is -0.136. The van der Waals surface area contributed by atoms with Crippen molar-refractivity contribution in [2.24, 2.45) is 5.73 Å². The number of hydrogen-bond acceptors (Lipinski definition) is 6. The molecule has 1 aromatic carbocycles. The van der Waals surface area contributed by atoms with Gasteiger partial charge in [-0.3, -0.25) is 19.7 Å². The summed E-state index contributed by atoms with van der Waals surface area (Å²) in [6.07, 6.45) is 2.63. The van der Waals surface area contributed by atoms with E-state index in [-0.39, 0.29) is 41.8 Å². The predicted octanol–water partition coefficient (Wildman–Crippen LogP) is -0.204. The third-order valence-electron chi connectivity index (χ3n) is 6.53. The first-order valence-electron chi connectivity index (χ1n) is 9.83. The number of hydrogen-bond donors (Lipinski definition) is 3. The second-order valence-corrected chi connectivity index (χ2v) is 8.45. The number of carbonyl (C=O) groups is 3. The van der Waals surface area contributed by atoms with Crippen molar-refractivity contribution in [1.82, 2.24) is 15.5 Å². The number of amides is 3. The van der Waals surface area contributed by atoms with Crippen molar-refractivity contribution in [2.45, 2.75) is 62.5 Å².